The molecule has 0 radical (unpaired) electrons. The van der Waals surface area contributed by atoms with Gasteiger partial charge in [-0.1, -0.05) is 0 Å². The zero-order chi connectivity index (χ0) is 6.69. The summed E-state index contributed by atoms with van der Waals surface area (Å²) in [7, 11) is 1.77. The zero-order valence-corrected chi connectivity index (χ0v) is 6.18. The minimum absolute atomic E-state index is 0.382. The highest BCUT2D eigenvalue weighted by atomic mass is 16.5. The van der Waals surface area contributed by atoms with E-state index in [9.17, 15) is 0 Å². The molecule has 1 rings (SSSR count). The van der Waals surface area contributed by atoms with Gasteiger partial charge in [-0.25, -0.2) is 0 Å². The number of nitrogens with one attached hydrogen (secondary N) is 1. The van der Waals surface area contributed by atoms with E-state index in [1.54, 1.807) is 7.11 Å². The van der Waals surface area contributed by atoms with Gasteiger partial charge in [0, 0.05) is 13.2 Å². The van der Waals surface area contributed by atoms with Gasteiger partial charge in [0.25, 0.3) is 0 Å². The minimum Gasteiger partial charge on any atom is -0.380 e. The molecule has 1 heterocycles. The second kappa shape index (κ2) is 3.18. The van der Waals surface area contributed by atoms with E-state index in [-0.39, 0.29) is 0 Å². The molecule has 0 amide bonds. The molecule has 1 N–H and O–H groups in total. The molecule has 1 aliphatic rings. The molecule has 1 fully saturated rings. The first-order chi connectivity index (χ1) is 4.34. The molecule has 0 aromatic heterocycles. The van der Waals surface area contributed by atoms with E-state index >= 15 is 0 Å². The Kier molecular flexibility index (Phi) is 2.49. The van der Waals surface area contributed by atoms with Gasteiger partial charge in [0.15, 0.2) is 0 Å². The highest BCUT2D eigenvalue weighted by Crippen LogP contribution is 2.10. The van der Waals surface area contributed by atoms with Crippen LogP contribution in [0.5, 0.6) is 0 Å². The lowest BCUT2D eigenvalue weighted by atomic mass is 10.1. The summed E-state index contributed by atoms with van der Waals surface area (Å²) in [5, 5.41) is 3.38. The Labute approximate surface area is 56.6 Å². The maximum Gasteiger partial charge on any atom is 0.0696 e. The molecule has 9 heavy (non-hydrogen) atoms. The first kappa shape index (κ1) is 7.03. The van der Waals surface area contributed by atoms with E-state index in [1.807, 2.05) is 0 Å². The van der Waals surface area contributed by atoms with Crippen molar-refractivity contribution in [1.82, 2.24) is 5.32 Å². The maximum absolute atomic E-state index is 5.17. The molecule has 0 aromatic carbocycles. The van der Waals surface area contributed by atoms with Crippen LogP contribution in [0.1, 0.15) is 19.8 Å². The van der Waals surface area contributed by atoms with E-state index in [2.05, 4.69) is 12.2 Å². The van der Waals surface area contributed by atoms with Gasteiger partial charge >= 0.3 is 0 Å². The van der Waals surface area contributed by atoms with E-state index in [0.29, 0.717) is 12.1 Å². The van der Waals surface area contributed by atoms with Crippen LogP contribution >= 0.6 is 0 Å². The molecule has 0 aliphatic carbocycles. The second-order valence-corrected chi connectivity index (χ2v) is 2.64. The van der Waals surface area contributed by atoms with Crippen molar-refractivity contribution >= 4 is 0 Å². The molecule has 2 atom stereocenters. The molecule has 2 heteroatoms. The Hall–Kier alpha value is -0.0800. The van der Waals surface area contributed by atoms with Crippen LogP contribution in [-0.4, -0.2) is 25.8 Å². The fourth-order valence-electron chi connectivity index (χ4n) is 1.28. The van der Waals surface area contributed by atoms with Crippen molar-refractivity contribution in [2.24, 2.45) is 0 Å². The van der Waals surface area contributed by atoms with Crippen molar-refractivity contribution < 1.29 is 4.74 Å². The highest BCUT2D eigenvalue weighted by Gasteiger charge is 2.19. The Morgan fingerprint density at radius 1 is 1.67 bits per heavy atom. The Morgan fingerprint density at radius 2 is 2.44 bits per heavy atom. The fourth-order valence-corrected chi connectivity index (χ4v) is 1.28. The number of methoxy groups -OCH3 is 1. The third-order valence-corrected chi connectivity index (χ3v) is 2.04. The van der Waals surface area contributed by atoms with E-state index in [1.165, 1.54) is 19.4 Å². The van der Waals surface area contributed by atoms with Crippen molar-refractivity contribution in [1.29, 1.82) is 0 Å². The Balaban J connectivity index is 2.24. The summed E-state index contributed by atoms with van der Waals surface area (Å²) in [6.07, 6.45) is 2.96. The van der Waals surface area contributed by atoms with Crippen LogP contribution in [0.4, 0.5) is 0 Å². The monoisotopic (exact) mass is 129 g/mol. The molecule has 54 valence electrons. The first-order valence-electron chi connectivity index (χ1n) is 3.61. The molecule has 0 bridgehead atoms. The smallest absolute Gasteiger partial charge is 0.0696 e. The normalized spacial score (nSPS) is 30.7. The van der Waals surface area contributed by atoms with Crippen LogP contribution in [0.25, 0.3) is 0 Å². The summed E-state index contributed by atoms with van der Waals surface area (Å²) < 4.78 is 5.17. The standard InChI is InChI=1S/C7H15NO/c1-6(9-2)7-4-3-5-8-7/h6-8H,3-5H2,1-2H3/t6?,7-/m1/s1. The molecule has 0 aromatic rings. The third-order valence-electron chi connectivity index (χ3n) is 2.04. The van der Waals surface area contributed by atoms with Gasteiger partial charge in [0.2, 0.25) is 0 Å². The fraction of sp³-hybridized carbons (Fsp3) is 1.00. The largest absolute Gasteiger partial charge is 0.380 e. The van der Waals surface area contributed by atoms with Gasteiger partial charge < -0.3 is 10.1 Å². The van der Waals surface area contributed by atoms with Gasteiger partial charge in [-0.2, -0.15) is 0 Å². The van der Waals surface area contributed by atoms with E-state index in [4.69, 9.17) is 4.74 Å². The van der Waals surface area contributed by atoms with Crippen molar-refractivity contribution in [3.8, 4) is 0 Å². The average Bonchev–Trinajstić information content (AvgIpc) is 2.37. The van der Waals surface area contributed by atoms with Crippen LogP contribution in [0.2, 0.25) is 0 Å². The van der Waals surface area contributed by atoms with Crippen LogP contribution in [0.15, 0.2) is 0 Å². The Morgan fingerprint density at radius 3 is 2.89 bits per heavy atom. The van der Waals surface area contributed by atoms with Crippen molar-refractivity contribution in [2.45, 2.75) is 31.9 Å². The second-order valence-electron chi connectivity index (χ2n) is 2.64. The summed E-state index contributed by atoms with van der Waals surface area (Å²) in [4.78, 5) is 0. The van der Waals surface area contributed by atoms with E-state index < -0.39 is 0 Å². The summed E-state index contributed by atoms with van der Waals surface area (Å²) >= 11 is 0. The molecule has 1 aliphatic heterocycles. The van der Waals surface area contributed by atoms with Crippen molar-refractivity contribution in [2.75, 3.05) is 13.7 Å². The topological polar surface area (TPSA) is 21.3 Å². The van der Waals surface area contributed by atoms with Crippen molar-refractivity contribution in [3.63, 3.8) is 0 Å². The SMILES string of the molecule is COC(C)[C@H]1CCCN1. The van der Waals surface area contributed by atoms with Gasteiger partial charge in [-0.05, 0) is 26.3 Å². The van der Waals surface area contributed by atoms with Crippen LogP contribution < -0.4 is 5.32 Å². The summed E-state index contributed by atoms with van der Waals surface area (Å²) in [6, 6.07) is 0.606. The number of hydrogen-bond donors (Lipinski definition) is 1. The molecule has 0 spiro atoms. The van der Waals surface area contributed by atoms with Crippen LogP contribution in [-0.2, 0) is 4.74 Å². The van der Waals surface area contributed by atoms with Gasteiger partial charge in [-0.15, -0.1) is 0 Å². The number of ether oxygens (including phenoxy) is 1. The third kappa shape index (κ3) is 1.66. The van der Waals surface area contributed by atoms with Gasteiger partial charge in [-0.3, -0.25) is 0 Å². The Bertz CT molecular complexity index is 79.0. The van der Waals surface area contributed by atoms with E-state index in [0.717, 1.165) is 0 Å². The predicted molar refractivity (Wildman–Crippen MR) is 37.5 cm³/mol. The summed E-state index contributed by atoms with van der Waals surface area (Å²) in [5.74, 6) is 0. The summed E-state index contributed by atoms with van der Waals surface area (Å²) in [6.45, 7) is 3.28. The molecule has 1 saturated heterocycles. The lowest BCUT2D eigenvalue weighted by Crippen LogP contribution is -2.33. The van der Waals surface area contributed by atoms with Crippen LogP contribution in [0, 0.1) is 0 Å². The maximum atomic E-state index is 5.17. The van der Waals surface area contributed by atoms with Gasteiger partial charge in [0.05, 0.1) is 6.10 Å². The predicted octanol–water partition coefficient (Wildman–Crippen LogP) is 0.773. The lowest BCUT2D eigenvalue weighted by Gasteiger charge is -2.16. The van der Waals surface area contributed by atoms with Crippen LogP contribution in [0.3, 0.4) is 0 Å². The highest BCUT2D eigenvalue weighted by molar-refractivity contribution is 4.78. The summed E-state index contributed by atoms with van der Waals surface area (Å²) in [5.41, 5.74) is 0. The van der Waals surface area contributed by atoms with Gasteiger partial charge in [0.1, 0.15) is 0 Å². The minimum atomic E-state index is 0.382. The number of hydrogen-bond acceptors (Lipinski definition) is 2. The molecule has 2 nitrogen and oxygen atoms in total. The van der Waals surface area contributed by atoms with Crippen molar-refractivity contribution in [3.05, 3.63) is 0 Å². The number of rotatable bonds is 2. The molecular weight excluding hydrogens is 114 g/mol. The molecule has 0 saturated carbocycles. The molecule has 1 unspecified atom stereocenters. The lowest BCUT2D eigenvalue weighted by molar-refractivity contribution is 0.0894. The average molecular weight is 129 g/mol. The first-order valence-corrected chi connectivity index (χ1v) is 3.61. The zero-order valence-electron chi connectivity index (χ0n) is 6.18. The quantitative estimate of drug-likeness (QED) is 0.594. The molecular formula is C7H15NO.